The summed E-state index contributed by atoms with van der Waals surface area (Å²) in [5.41, 5.74) is 0.0109. The van der Waals surface area contributed by atoms with Crippen LogP contribution >= 0.6 is 11.8 Å². The number of Topliss-reactive ketones (excluding diaryl/α,β-unsaturated/α-hetero) is 1. The Morgan fingerprint density at radius 3 is 2.19 bits per heavy atom. The number of hydrogen-bond acceptors (Lipinski definition) is 5. The molecule has 0 aliphatic carbocycles. The van der Waals surface area contributed by atoms with Gasteiger partial charge in [-0.05, 0) is 56.1 Å². The lowest BCUT2D eigenvalue weighted by Gasteiger charge is -2.18. The average molecular weight is 532 g/mol. The molecule has 37 heavy (non-hydrogen) atoms. The smallest absolute Gasteiger partial charge is 0.339 e. The summed E-state index contributed by atoms with van der Waals surface area (Å²) in [6.07, 6.45) is 13.0. The predicted molar refractivity (Wildman–Crippen MR) is 153 cm³/mol. The van der Waals surface area contributed by atoms with Gasteiger partial charge in [-0.2, -0.15) is 11.8 Å². The fourth-order valence-corrected chi connectivity index (χ4v) is 5.08. The van der Waals surface area contributed by atoms with Gasteiger partial charge in [-0.25, -0.2) is 4.79 Å². The van der Waals surface area contributed by atoms with Crippen molar-refractivity contribution in [3.63, 3.8) is 0 Å². The van der Waals surface area contributed by atoms with E-state index in [1.807, 2.05) is 20.8 Å². The number of aromatic carboxylic acids is 1. The summed E-state index contributed by atoms with van der Waals surface area (Å²) in [5, 5.41) is 21.6. The highest BCUT2D eigenvalue weighted by Gasteiger charge is 2.23. The summed E-state index contributed by atoms with van der Waals surface area (Å²) in [6, 6.07) is 3.92. The van der Waals surface area contributed by atoms with Crippen LogP contribution < -0.4 is 5.32 Å². The second-order valence-corrected chi connectivity index (χ2v) is 11.1. The molecule has 0 fully saturated rings. The van der Waals surface area contributed by atoms with Crippen molar-refractivity contribution in [3.8, 4) is 17.6 Å². The number of phenols is 1. The highest BCUT2D eigenvalue weighted by atomic mass is 32.2. The van der Waals surface area contributed by atoms with Crippen LogP contribution in [0.2, 0.25) is 0 Å². The van der Waals surface area contributed by atoms with Crippen LogP contribution in [0.4, 0.5) is 5.69 Å². The lowest BCUT2D eigenvalue weighted by Crippen LogP contribution is -2.27. The minimum atomic E-state index is -1.27. The summed E-state index contributed by atoms with van der Waals surface area (Å²) in [7, 11) is 0. The molecular weight excluding hydrogens is 486 g/mol. The van der Waals surface area contributed by atoms with E-state index >= 15 is 0 Å². The summed E-state index contributed by atoms with van der Waals surface area (Å²) in [5.74, 6) is 5.30. The van der Waals surface area contributed by atoms with Crippen molar-refractivity contribution in [1.29, 1.82) is 0 Å². The molecule has 1 amide bonds. The van der Waals surface area contributed by atoms with Crippen molar-refractivity contribution in [2.45, 2.75) is 97.8 Å². The van der Waals surface area contributed by atoms with E-state index in [1.165, 1.54) is 69.6 Å². The normalized spacial score (nSPS) is 11.6. The van der Waals surface area contributed by atoms with Crippen molar-refractivity contribution in [3.05, 3.63) is 23.8 Å². The van der Waals surface area contributed by atoms with Crippen molar-refractivity contribution in [1.82, 2.24) is 0 Å². The minimum Gasteiger partial charge on any atom is -0.507 e. The van der Waals surface area contributed by atoms with E-state index in [4.69, 9.17) is 0 Å². The number of rotatable bonds is 20. The number of carbonyl (C=O) groups excluding carboxylic acids is 2. The molecule has 3 N–H and O–H groups in total. The molecule has 1 aromatic carbocycles. The maximum Gasteiger partial charge on any atom is 0.339 e. The Morgan fingerprint density at radius 2 is 1.59 bits per heavy atom. The van der Waals surface area contributed by atoms with Gasteiger partial charge in [0.15, 0.2) is 0 Å². The molecule has 206 valence electrons. The van der Waals surface area contributed by atoms with Crippen molar-refractivity contribution < 1.29 is 24.6 Å². The number of ketones is 1. The Hall–Kier alpha value is -2.46. The first-order valence-electron chi connectivity index (χ1n) is 13.6. The van der Waals surface area contributed by atoms with Crippen LogP contribution in [0.1, 0.15) is 108 Å². The van der Waals surface area contributed by atoms with Gasteiger partial charge in [0.25, 0.3) is 0 Å². The SMILES string of the molecule is CC#CCCCCCCCCCCCSCC(=O)CC(CC(C)C)C(=O)Nc1ccc(O)c(C(=O)O)c1. The second kappa shape index (κ2) is 19.6. The van der Waals surface area contributed by atoms with E-state index in [0.717, 1.165) is 18.6 Å². The number of carboxylic acid groups (broad SMARTS) is 1. The van der Waals surface area contributed by atoms with Gasteiger partial charge in [0.2, 0.25) is 5.91 Å². The second-order valence-electron chi connectivity index (χ2n) is 10.0. The van der Waals surface area contributed by atoms with Crippen LogP contribution in [-0.2, 0) is 9.59 Å². The molecule has 0 heterocycles. The van der Waals surface area contributed by atoms with E-state index in [9.17, 15) is 24.6 Å². The Morgan fingerprint density at radius 1 is 0.973 bits per heavy atom. The van der Waals surface area contributed by atoms with Gasteiger partial charge < -0.3 is 15.5 Å². The lowest BCUT2D eigenvalue weighted by atomic mass is 9.92. The van der Waals surface area contributed by atoms with Gasteiger partial charge in [-0.3, -0.25) is 9.59 Å². The molecule has 7 heteroatoms. The van der Waals surface area contributed by atoms with Crippen LogP contribution in [0.25, 0.3) is 0 Å². The topological polar surface area (TPSA) is 104 Å². The van der Waals surface area contributed by atoms with Crippen LogP contribution in [0, 0.1) is 23.7 Å². The number of amides is 1. The Balaban J connectivity index is 2.28. The number of unbranched alkanes of at least 4 members (excludes halogenated alkanes) is 9. The van der Waals surface area contributed by atoms with Crippen molar-refractivity contribution in [2.75, 3.05) is 16.8 Å². The summed E-state index contributed by atoms with van der Waals surface area (Å²) >= 11 is 1.64. The maximum absolute atomic E-state index is 12.9. The molecule has 0 aromatic heterocycles. The number of carbonyl (C=O) groups is 3. The molecule has 0 bridgehead atoms. The van der Waals surface area contributed by atoms with E-state index in [2.05, 4.69) is 17.2 Å². The Bertz CT molecular complexity index is 903. The number of thioether (sulfide) groups is 1. The molecule has 0 spiro atoms. The Kier molecular flexibility index (Phi) is 17.3. The van der Waals surface area contributed by atoms with Gasteiger partial charge in [0.05, 0.1) is 5.75 Å². The average Bonchev–Trinajstić information content (AvgIpc) is 2.84. The summed E-state index contributed by atoms with van der Waals surface area (Å²) in [4.78, 5) is 36.7. The largest absolute Gasteiger partial charge is 0.507 e. The fraction of sp³-hybridized carbons (Fsp3) is 0.633. The number of nitrogens with one attached hydrogen (secondary N) is 1. The zero-order valence-corrected chi connectivity index (χ0v) is 23.6. The molecule has 0 radical (unpaired) electrons. The van der Waals surface area contributed by atoms with Crippen LogP contribution in [0.15, 0.2) is 18.2 Å². The van der Waals surface area contributed by atoms with Crippen molar-refractivity contribution in [2.24, 2.45) is 11.8 Å². The van der Waals surface area contributed by atoms with Gasteiger partial charge in [-0.15, -0.1) is 11.8 Å². The standard InChI is InChI=1S/C30H45NO5S/c1-4-5-6-7-8-9-10-11-12-13-14-15-18-37-22-26(32)20-24(19-23(2)3)29(34)31-25-16-17-28(33)27(21-25)30(35)36/h16-17,21,23-24,33H,6-15,18-20,22H2,1-3H3,(H,31,34)(H,35,36). The van der Waals surface area contributed by atoms with Gasteiger partial charge in [-0.1, -0.05) is 58.8 Å². The highest BCUT2D eigenvalue weighted by Crippen LogP contribution is 2.24. The zero-order valence-electron chi connectivity index (χ0n) is 22.8. The first kappa shape index (κ1) is 32.6. The van der Waals surface area contributed by atoms with Crippen LogP contribution in [-0.4, -0.2) is 39.4 Å². The monoisotopic (exact) mass is 531 g/mol. The molecule has 1 rings (SSSR count). The van der Waals surface area contributed by atoms with Crippen molar-refractivity contribution >= 4 is 35.1 Å². The quantitative estimate of drug-likeness (QED) is 0.0926. The Labute approximate surface area is 227 Å². The minimum absolute atomic E-state index is 0.0626. The third kappa shape index (κ3) is 15.4. The fourth-order valence-electron chi connectivity index (χ4n) is 4.18. The van der Waals surface area contributed by atoms with E-state index in [1.54, 1.807) is 11.8 Å². The molecule has 1 aromatic rings. The number of benzene rings is 1. The third-order valence-electron chi connectivity index (χ3n) is 6.13. The van der Waals surface area contributed by atoms with Gasteiger partial charge >= 0.3 is 5.97 Å². The van der Waals surface area contributed by atoms with Crippen LogP contribution in [0.3, 0.4) is 0 Å². The van der Waals surface area contributed by atoms with E-state index in [0.29, 0.717) is 12.2 Å². The zero-order chi connectivity index (χ0) is 27.5. The number of aromatic hydroxyl groups is 1. The molecule has 0 aliphatic rings. The number of hydrogen-bond donors (Lipinski definition) is 3. The molecule has 0 saturated carbocycles. The third-order valence-corrected chi connectivity index (χ3v) is 7.23. The molecule has 0 aliphatic heterocycles. The predicted octanol–water partition coefficient (Wildman–Crippen LogP) is 7.31. The molecule has 6 nitrogen and oxygen atoms in total. The molecule has 0 saturated heterocycles. The molecule has 1 unspecified atom stereocenters. The van der Waals surface area contributed by atoms with E-state index < -0.39 is 11.9 Å². The maximum atomic E-state index is 12.9. The number of anilines is 1. The van der Waals surface area contributed by atoms with Gasteiger partial charge in [0.1, 0.15) is 17.1 Å². The first-order valence-corrected chi connectivity index (χ1v) is 14.8. The van der Waals surface area contributed by atoms with E-state index in [-0.39, 0.29) is 41.0 Å². The summed E-state index contributed by atoms with van der Waals surface area (Å²) in [6.45, 7) is 5.90. The first-order chi connectivity index (χ1) is 17.7. The highest BCUT2D eigenvalue weighted by molar-refractivity contribution is 7.99. The lowest BCUT2D eigenvalue weighted by molar-refractivity contribution is -0.125. The van der Waals surface area contributed by atoms with Crippen LogP contribution in [0.5, 0.6) is 5.75 Å². The van der Waals surface area contributed by atoms with Gasteiger partial charge in [0, 0.05) is 24.4 Å². The summed E-state index contributed by atoms with van der Waals surface area (Å²) < 4.78 is 0. The molecule has 1 atom stereocenters. The number of carboxylic acids is 1. The molecular formula is C30H45NO5S.